The van der Waals surface area contributed by atoms with Crippen molar-refractivity contribution in [2.24, 2.45) is 5.73 Å². The van der Waals surface area contributed by atoms with Crippen LogP contribution >= 0.6 is 11.6 Å². The smallest absolute Gasteiger partial charge is 0.339 e. The Morgan fingerprint density at radius 2 is 2.00 bits per heavy atom. The van der Waals surface area contributed by atoms with Gasteiger partial charge in [-0.25, -0.2) is 4.79 Å². The van der Waals surface area contributed by atoms with Crippen molar-refractivity contribution in [3.8, 4) is 0 Å². The molecule has 1 aromatic rings. The average Bonchev–Trinajstić information content (AvgIpc) is 2.45. The van der Waals surface area contributed by atoms with Gasteiger partial charge in [0, 0.05) is 5.69 Å². The van der Waals surface area contributed by atoms with Gasteiger partial charge in [0.2, 0.25) is 11.8 Å². The Morgan fingerprint density at radius 1 is 1.30 bits per heavy atom. The molecule has 7 nitrogen and oxygen atoms in total. The molecule has 0 aromatic heterocycles. The van der Waals surface area contributed by atoms with Crippen molar-refractivity contribution in [3.05, 3.63) is 28.8 Å². The number of methoxy groups -OCH3 is 1. The topological polar surface area (TPSA) is 111 Å². The first kappa shape index (κ1) is 15.9. The number of nitrogens with two attached hydrogens (primary N) is 1. The second-order valence-electron chi connectivity index (χ2n) is 3.72. The van der Waals surface area contributed by atoms with Crippen LogP contribution in [0.1, 0.15) is 10.4 Å². The highest BCUT2D eigenvalue weighted by molar-refractivity contribution is 6.33. The lowest BCUT2D eigenvalue weighted by Crippen LogP contribution is -2.36. The van der Waals surface area contributed by atoms with E-state index in [0.717, 1.165) is 0 Å². The normalized spacial score (nSPS) is 9.75. The van der Waals surface area contributed by atoms with Crippen LogP contribution < -0.4 is 16.4 Å². The molecule has 8 heteroatoms. The number of halogens is 1. The number of carbonyl (C=O) groups is 3. The number of hydrogen-bond acceptors (Lipinski definition) is 5. The van der Waals surface area contributed by atoms with E-state index < -0.39 is 17.8 Å². The fraction of sp³-hybridized carbons (Fsp3) is 0.250. The molecule has 0 saturated heterocycles. The Hall–Kier alpha value is -2.12. The van der Waals surface area contributed by atoms with Crippen LogP contribution in [0.2, 0.25) is 5.02 Å². The third-order valence-electron chi connectivity index (χ3n) is 2.29. The van der Waals surface area contributed by atoms with Crippen LogP contribution in [0.4, 0.5) is 5.69 Å². The molecule has 0 spiro atoms. The van der Waals surface area contributed by atoms with Crippen molar-refractivity contribution in [2.45, 2.75) is 0 Å². The van der Waals surface area contributed by atoms with Crippen LogP contribution in [0.5, 0.6) is 0 Å². The van der Waals surface area contributed by atoms with Gasteiger partial charge in [-0.1, -0.05) is 11.6 Å². The number of rotatable bonds is 5. The van der Waals surface area contributed by atoms with E-state index in [-0.39, 0.29) is 23.7 Å². The fourth-order valence-corrected chi connectivity index (χ4v) is 1.52. The largest absolute Gasteiger partial charge is 0.465 e. The summed E-state index contributed by atoms with van der Waals surface area (Å²) in [4.78, 5) is 33.9. The Balaban J connectivity index is 2.71. The van der Waals surface area contributed by atoms with Gasteiger partial charge in [-0.2, -0.15) is 0 Å². The first-order chi connectivity index (χ1) is 9.47. The maximum atomic E-state index is 11.6. The molecule has 1 aromatic carbocycles. The van der Waals surface area contributed by atoms with Gasteiger partial charge in [0.25, 0.3) is 0 Å². The van der Waals surface area contributed by atoms with E-state index in [4.69, 9.17) is 17.3 Å². The average molecular weight is 300 g/mol. The van der Waals surface area contributed by atoms with Crippen molar-refractivity contribution in [1.82, 2.24) is 5.32 Å². The van der Waals surface area contributed by atoms with Gasteiger partial charge in [0.15, 0.2) is 0 Å². The number of esters is 1. The summed E-state index contributed by atoms with van der Waals surface area (Å²) in [5.41, 5.74) is 5.59. The van der Waals surface area contributed by atoms with Gasteiger partial charge in [0.1, 0.15) is 0 Å². The third kappa shape index (κ3) is 4.52. The Bertz CT molecular complexity index is 533. The van der Waals surface area contributed by atoms with E-state index in [2.05, 4.69) is 15.4 Å². The van der Waals surface area contributed by atoms with E-state index in [9.17, 15) is 14.4 Å². The summed E-state index contributed by atoms with van der Waals surface area (Å²) in [6, 6.07) is 4.37. The van der Waals surface area contributed by atoms with Crippen LogP contribution in [-0.2, 0) is 14.3 Å². The summed E-state index contributed by atoms with van der Waals surface area (Å²) < 4.78 is 4.56. The molecule has 0 saturated carbocycles. The van der Waals surface area contributed by atoms with Gasteiger partial charge in [-0.15, -0.1) is 0 Å². The van der Waals surface area contributed by atoms with E-state index in [1.165, 1.54) is 25.3 Å². The molecule has 0 unspecified atom stereocenters. The number of amides is 2. The molecular formula is C12H14ClN3O4. The zero-order chi connectivity index (χ0) is 15.1. The highest BCUT2D eigenvalue weighted by Gasteiger charge is 2.12. The summed E-state index contributed by atoms with van der Waals surface area (Å²) in [6.45, 7) is -0.410. The third-order valence-corrected chi connectivity index (χ3v) is 2.62. The van der Waals surface area contributed by atoms with Crippen LogP contribution in [0.3, 0.4) is 0 Å². The minimum Gasteiger partial charge on any atom is -0.465 e. The van der Waals surface area contributed by atoms with Gasteiger partial charge in [-0.3, -0.25) is 9.59 Å². The number of benzene rings is 1. The van der Waals surface area contributed by atoms with Crippen molar-refractivity contribution in [2.75, 3.05) is 25.5 Å². The quantitative estimate of drug-likeness (QED) is 0.670. The first-order valence-electron chi connectivity index (χ1n) is 5.62. The maximum Gasteiger partial charge on any atom is 0.339 e. The summed E-state index contributed by atoms with van der Waals surface area (Å²) in [6.07, 6.45) is 0. The standard InChI is InChI=1S/C12H14ClN3O4/c1-20-12(19)8-4-7(2-3-9(8)13)16-11(18)6-15-10(17)5-14/h2-4H,5-6,14H2,1H3,(H,15,17)(H,16,18). The molecule has 0 aliphatic carbocycles. The monoisotopic (exact) mass is 299 g/mol. The van der Waals surface area contributed by atoms with Gasteiger partial charge in [0.05, 0.1) is 30.8 Å². The number of anilines is 1. The summed E-state index contributed by atoms with van der Waals surface area (Å²) in [7, 11) is 1.23. The van der Waals surface area contributed by atoms with Gasteiger partial charge < -0.3 is 21.1 Å². The minimum absolute atomic E-state index is 0.137. The fourth-order valence-electron chi connectivity index (χ4n) is 1.33. The summed E-state index contributed by atoms with van der Waals surface area (Å²) >= 11 is 5.84. The number of ether oxygens (including phenoxy) is 1. The van der Waals surface area contributed by atoms with E-state index in [1.54, 1.807) is 0 Å². The molecule has 2 amide bonds. The molecule has 0 radical (unpaired) electrons. The second-order valence-corrected chi connectivity index (χ2v) is 4.12. The molecule has 0 aliphatic rings. The van der Waals surface area contributed by atoms with Crippen molar-refractivity contribution < 1.29 is 19.1 Å². The predicted molar refractivity (Wildman–Crippen MR) is 73.5 cm³/mol. The lowest BCUT2D eigenvalue weighted by molar-refractivity contribution is -0.123. The number of carbonyl (C=O) groups excluding carboxylic acids is 3. The molecule has 0 fully saturated rings. The maximum absolute atomic E-state index is 11.6. The van der Waals surface area contributed by atoms with Crippen molar-refractivity contribution in [3.63, 3.8) is 0 Å². The van der Waals surface area contributed by atoms with Gasteiger partial charge >= 0.3 is 5.97 Å². The van der Waals surface area contributed by atoms with Crippen molar-refractivity contribution in [1.29, 1.82) is 0 Å². The van der Waals surface area contributed by atoms with Crippen LogP contribution in [0, 0.1) is 0 Å². The number of hydrogen-bond donors (Lipinski definition) is 3. The highest BCUT2D eigenvalue weighted by atomic mass is 35.5. The van der Waals surface area contributed by atoms with E-state index >= 15 is 0 Å². The number of nitrogens with one attached hydrogen (secondary N) is 2. The molecular weight excluding hydrogens is 286 g/mol. The summed E-state index contributed by atoms with van der Waals surface area (Å²) in [5.74, 6) is -1.50. The molecule has 0 bridgehead atoms. The van der Waals surface area contributed by atoms with Gasteiger partial charge in [-0.05, 0) is 18.2 Å². The van der Waals surface area contributed by atoms with E-state index in [1.807, 2.05) is 0 Å². The molecule has 0 heterocycles. The lowest BCUT2D eigenvalue weighted by atomic mass is 10.2. The van der Waals surface area contributed by atoms with Crippen LogP contribution in [0.15, 0.2) is 18.2 Å². The predicted octanol–water partition coefficient (Wildman–Crippen LogP) is 0.140. The zero-order valence-electron chi connectivity index (χ0n) is 10.7. The molecule has 4 N–H and O–H groups in total. The highest BCUT2D eigenvalue weighted by Crippen LogP contribution is 2.21. The minimum atomic E-state index is -0.609. The molecule has 108 valence electrons. The molecule has 1 rings (SSSR count). The molecule has 20 heavy (non-hydrogen) atoms. The zero-order valence-corrected chi connectivity index (χ0v) is 11.5. The molecule has 0 atom stereocenters. The SMILES string of the molecule is COC(=O)c1cc(NC(=O)CNC(=O)CN)ccc1Cl. The molecule has 0 aliphatic heterocycles. The Labute approximate surface area is 120 Å². The van der Waals surface area contributed by atoms with E-state index in [0.29, 0.717) is 5.69 Å². The lowest BCUT2D eigenvalue weighted by Gasteiger charge is -2.08. The summed E-state index contributed by atoms with van der Waals surface area (Å²) in [5, 5.41) is 5.04. The van der Waals surface area contributed by atoms with Crippen molar-refractivity contribution >= 4 is 35.1 Å². The Morgan fingerprint density at radius 3 is 2.60 bits per heavy atom. The van der Waals surface area contributed by atoms with Crippen LogP contribution in [0.25, 0.3) is 0 Å². The first-order valence-corrected chi connectivity index (χ1v) is 6.00. The Kier molecular flexibility index (Phi) is 5.95. The second kappa shape index (κ2) is 7.46. The van der Waals surface area contributed by atoms with Crippen LogP contribution in [-0.4, -0.2) is 38.0 Å².